The lowest BCUT2D eigenvalue weighted by Crippen LogP contribution is -2.25. The smallest absolute Gasteiger partial charge is 0.317 e. The Morgan fingerprint density at radius 1 is 1.83 bits per heavy atom. The minimum absolute atomic E-state index is 0.0531. The van der Waals surface area contributed by atoms with Crippen molar-refractivity contribution < 1.29 is 9.90 Å². The molecule has 0 fully saturated rings. The van der Waals surface area contributed by atoms with E-state index in [1.165, 1.54) is 11.5 Å². The van der Waals surface area contributed by atoms with Gasteiger partial charge in [-0.2, -0.15) is 4.37 Å². The van der Waals surface area contributed by atoms with Gasteiger partial charge in [0, 0.05) is 11.9 Å². The monoisotopic (exact) mass is 186 g/mol. The molecular formula is C7H10N2O2S. The van der Waals surface area contributed by atoms with Crippen molar-refractivity contribution in [1.29, 1.82) is 0 Å². The third kappa shape index (κ3) is 2.98. The molecule has 66 valence electrons. The van der Waals surface area contributed by atoms with E-state index in [0.717, 1.165) is 5.69 Å². The van der Waals surface area contributed by atoms with E-state index in [4.69, 9.17) is 5.11 Å². The zero-order valence-electron chi connectivity index (χ0n) is 6.73. The molecule has 4 nitrogen and oxygen atoms in total. The highest BCUT2D eigenvalue weighted by atomic mass is 32.1. The Kier molecular flexibility index (Phi) is 3.19. The molecule has 0 aliphatic carbocycles. The van der Waals surface area contributed by atoms with Gasteiger partial charge in [-0.15, -0.1) is 0 Å². The number of hydrogen-bond donors (Lipinski definition) is 1. The molecule has 0 radical (unpaired) electrons. The van der Waals surface area contributed by atoms with Crippen molar-refractivity contribution in [1.82, 2.24) is 9.27 Å². The minimum atomic E-state index is -0.812. The summed E-state index contributed by atoms with van der Waals surface area (Å²) >= 11 is 1.38. The number of nitrogens with zero attached hydrogens (tertiary/aromatic N) is 2. The van der Waals surface area contributed by atoms with Gasteiger partial charge in [-0.1, -0.05) is 0 Å². The van der Waals surface area contributed by atoms with Gasteiger partial charge < -0.3 is 5.11 Å². The third-order valence-electron chi connectivity index (χ3n) is 1.33. The molecule has 1 aromatic rings. The zero-order chi connectivity index (χ0) is 8.97. The zero-order valence-corrected chi connectivity index (χ0v) is 7.54. The van der Waals surface area contributed by atoms with Crippen LogP contribution in [0.1, 0.15) is 5.69 Å². The van der Waals surface area contributed by atoms with Crippen molar-refractivity contribution in [2.24, 2.45) is 0 Å². The van der Waals surface area contributed by atoms with Crippen molar-refractivity contribution in [2.75, 3.05) is 13.6 Å². The van der Waals surface area contributed by atoms with Gasteiger partial charge in [0.15, 0.2) is 0 Å². The maximum Gasteiger partial charge on any atom is 0.317 e. The van der Waals surface area contributed by atoms with Gasteiger partial charge in [-0.25, -0.2) is 0 Å². The Balaban J connectivity index is 2.36. The SMILES string of the molecule is CN(CC(=O)O)Cc1ccsn1. The van der Waals surface area contributed by atoms with Crippen molar-refractivity contribution in [2.45, 2.75) is 6.54 Å². The second-order valence-electron chi connectivity index (χ2n) is 2.56. The largest absolute Gasteiger partial charge is 0.480 e. The summed E-state index contributed by atoms with van der Waals surface area (Å²) in [5, 5.41) is 10.3. The van der Waals surface area contributed by atoms with E-state index in [0.29, 0.717) is 6.54 Å². The Bertz CT molecular complexity index is 248. The van der Waals surface area contributed by atoms with Crippen LogP contribution in [0.2, 0.25) is 0 Å². The van der Waals surface area contributed by atoms with Crippen LogP contribution >= 0.6 is 11.5 Å². The first-order valence-corrected chi connectivity index (χ1v) is 4.31. The molecule has 0 amide bonds. The number of hydrogen-bond acceptors (Lipinski definition) is 4. The van der Waals surface area contributed by atoms with Gasteiger partial charge in [0.25, 0.3) is 0 Å². The van der Waals surface area contributed by atoms with Crippen LogP contribution in [0.25, 0.3) is 0 Å². The van der Waals surface area contributed by atoms with Gasteiger partial charge in [-0.3, -0.25) is 9.69 Å². The summed E-state index contributed by atoms with van der Waals surface area (Å²) in [4.78, 5) is 12.0. The molecule has 12 heavy (non-hydrogen) atoms. The van der Waals surface area contributed by atoms with Gasteiger partial charge in [0.1, 0.15) is 0 Å². The molecule has 1 rings (SSSR count). The molecule has 0 saturated heterocycles. The topological polar surface area (TPSA) is 53.4 Å². The van der Waals surface area contributed by atoms with Gasteiger partial charge in [0.2, 0.25) is 0 Å². The molecule has 0 spiro atoms. The third-order valence-corrected chi connectivity index (χ3v) is 1.93. The summed E-state index contributed by atoms with van der Waals surface area (Å²) in [6.45, 7) is 0.646. The molecule has 5 heteroatoms. The van der Waals surface area contributed by atoms with Gasteiger partial charge in [-0.05, 0) is 24.6 Å². The highest BCUT2D eigenvalue weighted by molar-refractivity contribution is 7.03. The molecule has 0 aliphatic rings. The molecule has 1 aromatic heterocycles. The second kappa shape index (κ2) is 4.18. The van der Waals surface area contributed by atoms with E-state index in [1.54, 1.807) is 11.9 Å². The Morgan fingerprint density at radius 2 is 2.58 bits per heavy atom. The average Bonchev–Trinajstić information content (AvgIpc) is 2.37. The van der Waals surface area contributed by atoms with Crippen LogP contribution in [-0.2, 0) is 11.3 Å². The quantitative estimate of drug-likeness (QED) is 0.750. The maximum absolute atomic E-state index is 10.3. The normalized spacial score (nSPS) is 10.5. The fourth-order valence-corrected chi connectivity index (χ4v) is 1.42. The van der Waals surface area contributed by atoms with Gasteiger partial charge >= 0.3 is 5.97 Å². The lowest BCUT2D eigenvalue weighted by Gasteiger charge is -2.10. The van der Waals surface area contributed by atoms with Crippen molar-refractivity contribution >= 4 is 17.5 Å². The minimum Gasteiger partial charge on any atom is -0.480 e. The number of carboxylic acids is 1. The summed E-state index contributed by atoms with van der Waals surface area (Å²) in [5.74, 6) is -0.812. The van der Waals surface area contributed by atoms with E-state index < -0.39 is 5.97 Å². The summed E-state index contributed by atoms with van der Waals surface area (Å²) < 4.78 is 4.07. The predicted molar refractivity (Wildman–Crippen MR) is 46.1 cm³/mol. The molecule has 1 heterocycles. The lowest BCUT2D eigenvalue weighted by atomic mass is 10.4. The van der Waals surface area contributed by atoms with Crippen LogP contribution in [0.3, 0.4) is 0 Å². The Morgan fingerprint density at radius 3 is 3.08 bits per heavy atom. The van der Waals surface area contributed by atoms with Crippen LogP contribution in [-0.4, -0.2) is 33.9 Å². The molecule has 0 aliphatic heterocycles. The van der Waals surface area contributed by atoms with Crippen LogP contribution in [0.15, 0.2) is 11.4 Å². The highest BCUT2D eigenvalue weighted by Gasteiger charge is 2.05. The summed E-state index contributed by atoms with van der Waals surface area (Å²) in [6, 6.07) is 1.89. The van der Waals surface area contributed by atoms with Crippen LogP contribution < -0.4 is 0 Å². The number of rotatable bonds is 4. The summed E-state index contributed by atoms with van der Waals surface area (Å²) in [5.41, 5.74) is 0.920. The van der Waals surface area contributed by atoms with Crippen LogP contribution in [0.4, 0.5) is 0 Å². The fraction of sp³-hybridized carbons (Fsp3) is 0.429. The average molecular weight is 186 g/mol. The van der Waals surface area contributed by atoms with E-state index >= 15 is 0 Å². The summed E-state index contributed by atoms with van der Waals surface area (Å²) in [7, 11) is 1.76. The maximum atomic E-state index is 10.3. The van der Waals surface area contributed by atoms with Crippen LogP contribution in [0.5, 0.6) is 0 Å². The lowest BCUT2D eigenvalue weighted by molar-refractivity contribution is -0.138. The van der Waals surface area contributed by atoms with Crippen LogP contribution in [0, 0.1) is 0 Å². The molecular weight excluding hydrogens is 176 g/mol. The van der Waals surface area contributed by atoms with Crippen molar-refractivity contribution in [3.8, 4) is 0 Å². The number of aliphatic carboxylic acids is 1. The number of carboxylic acid groups (broad SMARTS) is 1. The first-order valence-electron chi connectivity index (χ1n) is 3.48. The van der Waals surface area contributed by atoms with Gasteiger partial charge in [0.05, 0.1) is 12.2 Å². The molecule has 0 atom stereocenters. The van der Waals surface area contributed by atoms with E-state index in [-0.39, 0.29) is 6.54 Å². The van der Waals surface area contributed by atoms with E-state index in [2.05, 4.69) is 4.37 Å². The molecule has 0 aromatic carbocycles. The number of aromatic nitrogens is 1. The first-order chi connectivity index (χ1) is 5.68. The molecule has 0 bridgehead atoms. The van der Waals surface area contributed by atoms with E-state index in [1.807, 2.05) is 11.4 Å². The number of likely N-dealkylation sites (N-methyl/N-ethyl adjacent to an activating group) is 1. The molecule has 0 unspecified atom stereocenters. The Hall–Kier alpha value is -0.940. The molecule has 1 N–H and O–H groups in total. The van der Waals surface area contributed by atoms with Crippen molar-refractivity contribution in [3.05, 3.63) is 17.1 Å². The Labute approximate surface area is 74.6 Å². The second-order valence-corrected chi connectivity index (χ2v) is 3.22. The first kappa shape index (κ1) is 9.15. The molecule has 0 saturated carbocycles. The standard InChI is InChI=1S/C7H10N2O2S/c1-9(5-7(10)11)4-6-2-3-12-8-6/h2-3H,4-5H2,1H3,(H,10,11). The number of carbonyl (C=O) groups is 1. The highest BCUT2D eigenvalue weighted by Crippen LogP contribution is 2.02. The van der Waals surface area contributed by atoms with Crippen molar-refractivity contribution in [3.63, 3.8) is 0 Å². The van der Waals surface area contributed by atoms with E-state index in [9.17, 15) is 4.79 Å². The predicted octanol–water partition coefficient (Wildman–Crippen LogP) is 0.659. The summed E-state index contributed by atoms with van der Waals surface area (Å²) in [6.07, 6.45) is 0. The fourth-order valence-electron chi connectivity index (χ4n) is 0.882.